The van der Waals surface area contributed by atoms with Crippen LogP contribution in [0.2, 0.25) is 5.02 Å². The molecule has 0 spiro atoms. The summed E-state index contributed by atoms with van der Waals surface area (Å²) in [4.78, 5) is 41.7. The number of H-pyrrole nitrogens is 1. The van der Waals surface area contributed by atoms with Crippen molar-refractivity contribution in [2.24, 2.45) is 0 Å². The molecule has 0 unspecified atom stereocenters. The predicted octanol–water partition coefficient (Wildman–Crippen LogP) is 2.72. The van der Waals surface area contributed by atoms with Crippen LogP contribution in [0.1, 0.15) is 17.5 Å². The van der Waals surface area contributed by atoms with Crippen LogP contribution in [0.5, 0.6) is 11.5 Å². The molecule has 0 aliphatic carbocycles. The van der Waals surface area contributed by atoms with Crippen molar-refractivity contribution in [2.75, 3.05) is 13.3 Å². The molecular formula is C23H21ClN4O5. The number of carbonyl (C=O) groups excluding carboxylic acids is 3. The number of halogens is 1. The number of nitrogens with zero attached hydrogens (tertiary/aromatic N) is 1. The highest BCUT2D eigenvalue weighted by atomic mass is 35.5. The van der Waals surface area contributed by atoms with Crippen LogP contribution < -0.4 is 20.1 Å². The third kappa shape index (κ3) is 4.31. The van der Waals surface area contributed by atoms with E-state index in [0.717, 1.165) is 26.9 Å². The first-order chi connectivity index (χ1) is 16.0. The van der Waals surface area contributed by atoms with Gasteiger partial charge in [-0.25, -0.2) is 4.79 Å². The number of fused-ring (bicyclic) bond motifs is 2. The summed E-state index contributed by atoms with van der Waals surface area (Å²) in [6.07, 6.45) is 2.37. The van der Waals surface area contributed by atoms with Gasteiger partial charge in [0.15, 0.2) is 11.5 Å². The van der Waals surface area contributed by atoms with E-state index in [1.807, 2.05) is 24.4 Å². The summed E-state index contributed by atoms with van der Waals surface area (Å²) in [5.74, 6) is 0.463. The van der Waals surface area contributed by atoms with Crippen molar-refractivity contribution in [3.05, 3.63) is 58.7 Å². The van der Waals surface area contributed by atoms with E-state index in [9.17, 15) is 14.4 Å². The fourth-order valence-electron chi connectivity index (χ4n) is 4.04. The fourth-order valence-corrected chi connectivity index (χ4v) is 4.21. The van der Waals surface area contributed by atoms with Gasteiger partial charge in [0.25, 0.3) is 5.91 Å². The first-order valence-corrected chi connectivity index (χ1v) is 10.9. The molecule has 1 atom stereocenters. The van der Waals surface area contributed by atoms with Crippen LogP contribution in [0, 0.1) is 0 Å². The summed E-state index contributed by atoms with van der Waals surface area (Å²) in [7, 11) is 0. The summed E-state index contributed by atoms with van der Waals surface area (Å²) < 4.78 is 10.6. The van der Waals surface area contributed by atoms with E-state index in [4.69, 9.17) is 21.1 Å². The lowest BCUT2D eigenvalue weighted by molar-refractivity contribution is -0.131. The van der Waals surface area contributed by atoms with Gasteiger partial charge in [-0.05, 0) is 47.9 Å². The summed E-state index contributed by atoms with van der Waals surface area (Å²) in [6.45, 7) is 0.629. The number of ether oxygens (including phenoxy) is 2. The van der Waals surface area contributed by atoms with Gasteiger partial charge in [0.1, 0.15) is 6.04 Å². The molecule has 9 nitrogen and oxygen atoms in total. The zero-order valence-electron chi connectivity index (χ0n) is 17.5. The predicted molar refractivity (Wildman–Crippen MR) is 120 cm³/mol. The largest absolute Gasteiger partial charge is 0.454 e. The van der Waals surface area contributed by atoms with E-state index in [0.29, 0.717) is 29.5 Å². The topological polar surface area (TPSA) is 113 Å². The lowest BCUT2D eigenvalue weighted by Crippen LogP contribution is -2.37. The molecular weight excluding hydrogens is 448 g/mol. The third-order valence-corrected chi connectivity index (χ3v) is 5.96. The molecule has 1 aromatic heterocycles. The normalized spacial score (nSPS) is 17.0. The molecule has 4 amide bonds. The zero-order valence-corrected chi connectivity index (χ0v) is 18.3. The Morgan fingerprint density at radius 3 is 2.88 bits per heavy atom. The second-order valence-corrected chi connectivity index (χ2v) is 8.36. The first kappa shape index (κ1) is 21.1. The minimum absolute atomic E-state index is 0.0859. The molecule has 2 aromatic carbocycles. The second kappa shape index (κ2) is 8.67. The lowest BCUT2D eigenvalue weighted by atomic mass is 10.1. The molecule has 1 fully saturated rings. The Hall–Kier alpha value is -3.72. The lowest BCUT2D eigenvalue weighted by Gasteiger charge is -2.13. The van der Waals surface area contributed by atoms with Crippen molar-refractivity contribution < 1.29 is 23.9 Å². The molecule has 0 radical (unpaired) electrons. The average Bonchev–Trinajstić information content (AvgIpc) is 3.48. The highest BCUT2D eigenvalue weighted by Gasteiger charge is 2.39. The van der Waals surface area contributed by atoms with Crippen LogP contribution in [0.25, 0.3) is 10.9 Å². The Kier molecular flexibility index (Phi) is 5.55. The molecule has 5 rings (SSSR count). The van der Waals surface area contributed by atoms with Crippen molar-refractivity contribution >= 4 is 40.3 Å². The summed E-state index contributed by atoms with van der Waals surface area (Å²) in [5.41, 5.74) is 2.74. The highest BCUT2D eigenvalue weighted by Crippen LogP contribution is 2.33. The third-order valence-electron chi connectivity index (χ3n) is 5.72. The van der Waals surface area contributed by atoms with Crippen molar-refractivity contribution in [3.63, 3.8) is 0 Å². The maximum absolute atomic E-state index is 12.7. The molecule has 170 valence electrons. The van der Waals surface area contributed by atoms with Crippen molar-refractivity contribution in [1.82, 2.24) is 20.5 Å². The molecule has 33 heavy (non-hydrogen) atoms. The Bertz CT molecular complexity index is 1260. The molecule has 3 aromatic rings. The van der Waals surface area contributed by atoms with Crippen LogP contribution in [-0.2, 0) is 22.6 Å². The number of amides is 4. The zero-order chi connectivity index (χ0) is 22.9. The van der Waals surface area contributed by atoms with Crippen molar-refractivity contribution in [3.8, 4) is 11.5 Å². The summed E-state index contributed by atoms with van der Waals surface area (Å²) >= 11 is 6.07. The number of rotatable bonds is 7. The first-order valence-electron chi connectivity index (χ1n) is 10.5. The minimum atomic E-state index is -0.890. The molecule has 2 aliphatic heterocycles. The molecule has 3 N–H and O–H groups in total. The van der Waals surface area contributed by atoms with Gasteiger partial charge in [-0.1, -0.05) is 17.7 Å². The smallest absolute Gasteiger partial charge is 0.325 e. The maximum atomic E-state index is 12.7. The van der Waals surface area contributed by atoms with Gasteiger partial charge < -0.3 is 25.1 Å². The monoisotopic (exact) mass is 468 g/mol. The van der Waals surface area contributed by atoms with Gasteiger partial charge in [-0.3, -0.25) is 14.5 Å². The van der Waals surface area contributed by atoms with E-state index >= 15 is 0 Å². The number of imide groups is 1. The Labute approximate surface area is 194 Å². The average molecular weight is 469 g/mol. The molecule has 3 heterocycles. The van der Waals surface area contributed by atoms with Crippen LogP contribution in [0.3, 0.4) is 0 Å². The van der Waals surface area contributed by atoms with E-state index in [1.165, 1.54) is 0 Å². The second-order valence-electron chi connectivity index (χ2n) is 7.92. The number of aromatic amines is 1. The van der Waals surface area contributed by atoms with Crippen LogP contribution in [0.4, 0.5) is 4.79 Å². The number of hydrogen-bond donors (Lipinski definition) is 3. The molecule has 0 saturated carbocycles. The Morgan fingerprint density at radius 1 is 1.15 bits per heavy atom. The van der Waals surface area contributed by atoms with E-state index in [2.05, 4.69) is 15.6 Å². The molecule has 0 bridgehead atoms. The fraction of sp³-hybridized carbons (Fsp3) is 0.261. The number of carbonyl (C=O) groups is 3. The van der Waals surface area contributed by atoms with Gasteiger partial charge in [0.05, 0.1) is 13.0 Å². The number of urea groups is 1. The number of aromatic nitrogens is 1. The van der Waals surface area contributed by atoms with Gasteiger partial charge in [-0.2, -0.15) is 0 Å². The van der Waals surface area contributed by atoms with Crippen molar-refractivity contribution in [2.45, 2.75) is 25.4 Å². The summed E-state index contributed by atoms with van der Waals surface area (Å²) in [6, 6.07) is 9.43. The summed E-state index contributed by atoms with van der Waals surface area (Å²) in [5, 5.41) is 7.06. The number of nitrogens with one attached hydrogen (secondary N) is 3. The van der Waals surface area contributed by atoms with Crippen molar-refractivity contribution in [1.29, 1.82) is 0 Å². The minimum Gasteiger partial charge on any atom is -0.454 e. The number of hydrogen-bond acceptors (Lipinski definition) is 5. The quantitative estimate of drug-likeness (QED) is 0.461. The maximum Gasteiger partial charge on any atom is 0.325 e. The Balaban J connectivity index is 1.14. The standard InChI is InChI=1S/C23H21ClN4O5/c24-15-2-3-17-16(8-15)14(10-26-17)5-6-25-21(29)9-18-22(30)28(23(31)27-18)11-13-1-4-19-20(7-13)33-12-32-19/h1-4,7-8,10,18,26H,5-6,9,11-12H2,(H,25,29)(H,27,31)/t18-/m1/s1. The highest BCUT2D eigenvalue weighted by molar-refractivity contribution is 6.31. The van der Waals surface area contributed by atoms with Gasteiger partial charge in [0, 0.05) is 28.7 Å². The van der Waals surface area contributed by atoms with Gasteiger partial charge in [-0.15, -0.1) is 0 Å². The van der Waals surface area contributed by atoms with Crippen LogP contribution in [-0.4, -0.2) is 47.1 Å². The van der Waals surface area contributed by atoms with E-state index in [-0.39, 0.29) is 25.7 Å². The van der Waals surface area contributed by atoms with Gasteiger partial charge in [0.2, 0.25) is 12.7 Å². The van der Waals surface area contributed by atoms with Gasteiger partial charge >= 0.3 is 6.03 Å². The molecule has 10 heteroatoms. The molecule has 1 saturated heterocycles. The molecule has 2 aliphatic rings. The van der Waals surface area contributed by atoms with Crippen LogP contribution in [0.15, 0.2) is 42.6 Å². The number of benzene rings is 2. The van der Waals surface area contributed by atoms with E-state index < -0.39 is 18.0 Å². The van der Waals surface area contributed by atoms with Crippen LogP contribution >= 0.6 is 11.6 Å². The Morgan fingerprint density at radius 2 is 2.00 bits per heavy atom. The SMILES string of the molecule is O=C(C[C@H]1NC(=O)N(Cc2ccc3c(c2)OCO3)C1=O)NCCc1c[nH]c2ccc(Cl)cc12. The van der Waals surface area contributed by atoms with E-state index in [1.54, 1.807) is 18.2 Å².